The first-order chi connectivity index (χ1) is 6.35. The van der Waals surface area contributed by atoms with Gasteiger partial charge in [-0.1, -0.05) is 19.1 Å². The van der Waals surface area contributed by atoms with Crippen LogP contribution in [0.1, 0.15) is 12.5 Å². The minimum absolute atomic E-state index is 0.512. The monoisotopic (exact) mass is 213 g/mol. The van der Waals surface area contributed by atoms with Crippen molar-refractivity contribution in [2.45, 2.75) is 18.6 Å². The highest BCUT2D eigenvalue weighted by Crippen LogP contribution is 2.27. The molecule has 0 bridgehead atoms. The first kappa shape index (κ1) is 8.91. The van der Waals surface area contributed by atoms with Gasteiger partial charge in [-0.15, -0.1) is 0 Å². The Morgan fingerprint density at radius 2 is 2.38 bits per heavy atom. The van der Waals surface area contributed by atoms with E-state index in [0.29, 0.717) is 5.22 Å². The number of hydrogen-bond donors (Lipinski definition) is 0. The van der Waals surface area contributed by atoms with Crippen LogP contribution in [0.4, 0.5) is 0 Å². The molecule has 68 valence electrons. The van der Waals surface area contributed by atoms with Gasteiger partial charge in [-0.05, 0) is 28.7 Å². The van der Waals surface area contributed by atoms with Crippen molar-refractivity contribution in [1.82, 2.24) is 4.98 Å². The summed E-state index contributed by atoms with van der Waals surface area (Å²) >= 11 is 0. The zero-order valence-electron chi connectivity index (χ0n) is 7.08. The summed E-state index contributed by atoms with van der Waals surface area (Å²) in [6.07, 6.45) is 0.943. The van der Waals surface area contributed by atoms with Crippen LogP contribution in [0.3, 0.4) is 0 Å². The summed E-state index contributed by atoms with van der Waals surface area (Å²) in [4.78, 5) is 4.20. The molecule has 0 aliphatic heterocycles. The Morgan fingerprint density at radius 1 is 1.54 bits per heavy atom. The van der Waals surface area contributed by atoms with Gasteiger partial charge < -0.3 is 4.42 Å². The van der Waals surface area contributed by atoms with Crippen molar-refractivity contribution in [3.8, 4) is 0 Å². The Hall–Kier alpha value is -0.670. The van der Waals surface area contributed by atoms with Gasteiger partial charge in [-0.2, -0.15) is 0 Å². The molecular weight excluding hydrogens is 206 g/mol. The molecule has 1 aromatic carbocycles. The van der Waals surface area contributed by atoms with Crippen molar-refractivity contribution in [2.24, 2.45) is 0 Å². The molecule has 1 heterocycles. The molecule has 0 saturated heterocycles. The molecule has 0 radical (unpaired) electrons. The number of hydrogen-bond acceptors (Lipinski definition) is 3. The quantitative estimate of drug-likeness (QED) is 0.762. The SMILES string of the molecule is CCc1cccc2nc(SCl)oc12. The highest BCUT2D eigenvalue weighted by molar-refractivity contribution is 8.20. The van der Waals surface area contributed by atoms with Crippen molar-refractivity contribution in [3.05, 3.63) is 23.8 Å². The molecule has 0 amide bonds. The lowest BCUT2D eigenvalue weighted by atomic mass is 10.1. The lowest BCUT2D eigenvalue weighted by molar-refractivity contribution is 0.489. The highest BCUT2D eigenvalue weighted by Gasteiger charge is 2.07. The number of rotatable bonds is 2. The van der Waals surface area contributed by atoms with E-state index in [2.05, 4.69) is 11.9 Å². The molecule has 1 aromatic heterocycles. The zero-order valence-corrected chi connectivity index (χ0v) is 8.65. The van der Waals surface area contributed by atoms with Gasteiger partial charge in [0, 0.05) is 11.0 Å². The molecule has 4 heteroatoms. The Morgan fingerprint density at radius 3 is 3.08 bits per heavy atom. The molecule has 0 unspecified atom stereocenters. The number of benzene rings is 1. The molecule has 0 aliphatic carbocycles. The molecule has 0 saturated carbocycles. The van der Waals surface area contributed by atoms with Crippen LogP contribution in [0, 0.1) is 0 Å². The second kappa shape index (κ2) is 3.60. The summed E-state index contributed by atoms with van der Waals surface area (Å²) < 4.78 is 5.46. The third kappa shape index (κ3) is 1.54. The number of oxazole rings is 1. The first-order valence-electron chi connectivity index (χ1n) is 4.02. The van der Waals surface area contributed by atoms with Crippen molar-refractivity contribution >= 4 is 32.8 Å². The van der Waals surface area contributed by atoms with Crippen molar-refractivity contribution in [2.75, 3.05) is 0 Å². The van der Waals surface area contributed by atoms with E-state index in [4.69, 9.17) is 15.1 Å². The molecule has 0 N–H and O–H groups in total. The summed E-state index contributed by atoms with van der Waals surface area (Å²) in [5.41, 5.74) is 2.90. The van der Waals surface area contributed by atoms with E-state index < -0.39 is 0 Å². The predicted molar refractivity (Wildman–Crippen MR) is 55.1 cm³/mol. The highest BCUT2D eigenvalue weighted by atomic mass is 35.7. The lowest BCUT2D eigenvalue weighted by Gasteiger charge is -1.94. The van der Waals surface area contributed by atoms with Gasteiger partial charge in [0.2, 0.25) is 0 Å². The van der Waals surface area contributed by atoms with E-state index in [9.17, 15) is 0 Å². The number of aryl methyl sites for hydroxylation is 1. The van der Waals surface area contributed by atoms with E-state index in [1.54, 1.807) is 0 Å². The molecule has 2 aromatic rings. The van der Waals surface area contributed by atoms with E-state index in [0.717, 1.165) is 28.5 Å². The average molecular weight is 214 g/mol. The number of halogens is 1. The molecule has 0 fully saturated rings. The Balaban J connectivity index is 2.67. The smallest absolute Gasteiger partial charge is 0.272 e. The minimum atomic E-state index is 0.512. The molecule has 0 aliphatic rings. The van der Waals surface area contributed by atoms with Gasteiger partial charge in [-0.25, -0.2) is 4.98 Å². The second-order valence-electron chi connectivity index (χ2n) is 2.68. The van der Waals surface area contributed by atoms with Crippen LogP contribution in [0.2, 0.25) is 0 Å². The topological polar surface area (TPSA) is 26.0 Å². The van der Waals surface area contributed by atoms with E-state index in [1.165, 1.54) is 5.56 Å². The number of fused-ring (bicyclic) bond motifs is 1. The maximum Gasteiger partial charge on any atom is 0.272 e. The Bertz CT molecular complexity index is 426. The summed E-state index contributed by atoms with van der Waals surface area (Å²) in [6.45, 7) is 2.09. The van der Waals surface area contributed by atoms with Crippen LogP contribution in [-0.4, -0.2) is 4.98 Å². The number of aromatic nitrogens is 1. The van der Waals surface area contributed by atoms with Gasteiger partial charge >= 0.3 is 0 Å². The summed E-state index contributed by atoms with van der Waals surface area (Å²) in [6, 6.07) is 5.94. The van der Waals surface area contributed by atoms with E-state index in [-0.39, 0.29) is 0 Å². The average Bonchev–Trinajstić information content (AvgIpc) is 2.59. The van der Waals surface area contributed by atoms with Crippen molar-refractivity contribution in [1.29, 1.82) is 0 Å². The minimum Gasteiger partial charge on any atom is -0.430 e. The maximum absolute atomic E-state index is 5.55. The van der Waals surface area contributed by atoms with Crippen molar-refractivity contribution < 1.29 is 4.42 Å². The molecular formula is C9H8ClNOS. The van der Waals surface area contributed by atoms with Gasteiger partial charge in [0.25, 0.3) is 5.22 Å². The van der Waals surface area contributed by atoms with Crippen LogP contribution < -0.4 is 0 Å². The van der Waals surface area contributed by atoms with E-state index in [1.807, 2.05) is 18.2 Å². The molecule has 0 atom stereocenters. The standard InChI is InChI=1S/C9H8ClNOS/c1-2-6-4-3-5-7-8(6)12-9(11-7)13-10/h3-5H,2H2,1H3. The summed E-state index contributed by atoms with van der Waals surface area (Å²) in [7, 11) is 6.56. The fourth-order valence-electron chi connectivity index (χ4n) is 1.30. The number of para-hydroxylation sites is 1. The first-order valence-corrected chi connectivity index (χ1v) is 5.66. The van der Waals surface area contributed by atoms with Gasteiger partial charge in [-0.3, -0.25) is 0 Å². The molecule has 0 spiro atoms. The second-order valence-corrected chi connectivity index (χ2v) is 3.64. The number of nitrogens with zero attached hydrogens (tertiary/aromatic N) is 1. The Labute approximate surface area is 84.8 Å². The van der Waals surface area contributed by atoms with Crippen LogP contribution in [0.25, 0.3) is 11.1 Å². The van der Waals surface area contributed by atoms with Gasteiger partial charge in [0.05, 0.1) is 0 Å². The fourth-order valence-corrected chi connectivity index (χ4v) is 1.74. The molecule has 2 rings (SSSR count). The zero-order chi connectivity index (χ0) is 9.26. The lowest BCUT2D eigenvalue weighted by Crippen LogP contribution is -1.79. The van der Waals surface area contributed by atoms with Crippen LogP contribution in [0.5, 0.6) is 0 Å². The largest absolute Gasteiger partial charge is 0.430 e. The van der Waals surface area contributed by atoms with Gasteiger partial charge in [0.1, 0.15) is 5.52 Å². The van der Waals surface area contributed by atoms with Crippen LogP contribution in [0.15, 0.2) is 27.8 Å². The fraction of sp³-hybridized carbons (Fsp3) is 0.222. The van der Waals surface area contributed by atoms with Crippen molar-refractivity contribution in [3.63, 3.8) is 0 Å². The summed E-state index contributed by atoms with van der Waals surface area (Å²) in [5.74, 6) is 0. The predicted octanol–water partition coefficient (Wildman–Crippen LogP) is 3.64. The van der Waals surface area contributed by atoms with E-state index >= 15 is 0 Å². The normalized spacial score (nSPS) is 10.9. The third-order valence-electron chi connectivity index (χ3n) is 1.92. The van der Waals surface area contributed by atoms with Crippen LogP contribution in [-0.2, 0) is 6.42 Å². The molecule has 2 nitrogen and oxygen atoms in total. The van der Waals surface area contributed by atoms with Crippen LogP contribution >= 0.6 is 21.7 Å². The Kier molecular flexibility index (Phi) is 2.47. The molecule has 13 heavy (non-hydrogen) atoms. The third-order valence-corrected chi connectivity index (χ3v) is 2.63. The maximum atomic E-state index is 5.55. The summed E-state index contributed by atoms with van der Waals surface area (Å²) in [5, 5.41) is 0.512. The van der Waals surface area contributed by atoms with Gasteiger partial charge in [0.15, 0.2) is 5.58 Å².